The molecule has 4 nitrogen and oxygen atoms in total. The molecule has 0 amide bonds. The highest BCUT2D eigenvalue weighted by atomic mass is 19.4. The van der Waals surface area contributed by atoms with Crippen molar-refractivity contribution < 1.29 is 32.2 Å². The first-order chi connectivity index (χ1) is 11.7. The number of rotatable bonds is 4. The molecule has 25 heavy (non-hydrogen) atoms. The molecule has 0 atom stereocenters. The van der Waals surface area contributed by atoms with E-state index in [4.69, 9.17) is 0 Å². The summed E-state index contributed by atoms with van der Waals surface area (Å²) in [6.07, 6.45) is -4.78. The van der Waals surface area contributed by atoms with Gasteiger partial charge in [-0.1, -0.05) is 12.1 Å². The molecule has 1 heterocycles. The summed E-state index contributed by atoms with van der Waals surface area (Å²) in [5.74, 6) is -2.04. The number of hydrogen-bond donors (Lipinski definition) is 1. The van der Waals surface area contributed by atoms with Crippen LogP contribution in [0.5, 0.6) is 5.75 Å². The van der Waals surface area contributed by atoms with Gasteiger partial charge in [0.1, 0.15) is 17.3 Å². The second kappa shape index (κ2) is 6.12. The largest absolute Gasteiger partial charge is 0.573 e. The number of hydrogen-bond acceptors (Lipinski definition) is 2. The maximum absolute atomic E-state index is 13.3. The van der Waals surface area contributed by atoms with E-state index in [1.807, 2.05) is 0 Å². The molecule has 0 fully saturated rings. The molecule has 0 aliphatic carbocycles. The van der Waals surface area contributed by atoms with E-state index in [0.717, 1.165) is 12.1 Å². The van der Waals surface area contributed by atoms with Gasteiger partial charge in [0.25, 0.3) is 0 Å². The summed E-state index contributed by atoms with van der Waals surface area (Å²) >= 11 is 0. The van der Waals surface area contributed by atoms with E-state index in [2.05, 4.69) is 4.74 Å². The molecule has 0 radical (unpaired) electrons. The molecule has 130 valence electrons. The molecule has 0 saturated heterocycles. The zero-order chi connectivity index (χ0) is 18.2. The van der Waals surface area contributed by atoms with Gasteiger partial charge in [-0.2, -0.15) is 0 Å². The topological polar surface area (TPSA) is 51.5 Å². The van der Waals surface area contributed by atoms with Crippen LogP contribution in [0.4, 0.5) is 17.6 Å². The SMILES string of the molecule is O=C(O)c1cc2cc(F)ccc2n1Cc1ccc(OC(F)(F)F)cc1. The molecule has 1 aromatic heterocycles. The number of aromatic carboxylic acids is 1. The van der Waals surface area contributed by atoms with Crippen LogP contribution in [0.15, 0.2) is 48.5 Å². The van der Waals surface area contributed by atoms with Crippen molar-refractivity contribution in [2.45, 2.75) is 12.9 Å². The van der Waals surface area contributed by atoms with Gasteiger partial charge in [0, 0.05) is 17.4 Å². The van der Waals surface area contributed by atoms with Gasteiger partial charge < -0.3 is 14.4 Å². The first kappa shape index (κ1) is 16.8. The quantitative estimate of drug-likeness (QED) is 0.706. The lowest BCUT2D eigenvalue weighted by atomic mass is 10.2. The summed E-state index contributed by atoms with van der Waals surface area (Å²) in [5.41, 5.74) is 1.03. The maximum atomic E-state index is 13.3. The Morgan fingerprint density at radius 2 is 1.76 bits per heavy atom. The van der Waals surface area contributed by atoms with Gasteiger partial charge >= 0.3 is 12.3 Å². The number of ether oxygens (including phenoxy) is 1. The number of nitrogens with zero attached hydrogens (tertiary/aromatic N) is 1. The van der Waals surface area contributed by atoms with E-state index in [0.29, 0.717) is 16.5 Å². The summed E-state index contributed by atoms with van der Waals surface area (Å²) in [4.78, 5) is 11.4. The van der Waals surface area contributed by atoms with E-state index < -0.39 is 18.1 Å². The Hall–Kier alpha value is -3.03. The second-order valence-electron chi connectivity index (χ2n) is 5.32. The van der Waals surface area contributed by atoms with Crippen molar-refractivity contribution in [3.8, 4) is 5.75 Å². The highest BCUT2D eigenvalue weighted by Gasteiger charge is 2.31. The maximum Gasteiger partial charge on any atom is 0.573 e. The Kier molecular flexibility index (Phi) is 4.12. The predicted octanol–water partition coefficient (Wildman–Crippen LogP) is 4.43. The number of alkyl halides is 3. The Labute approximate surface area is 138 Å². The van der Waals surface area contributed by atoms with Gasteiger partial charge in [-0.3, -0.25) is 0 Å². The minimum absolute atomic E-state index is 0.0452. The smallest absolute Gasteiger partial charge is 0.477 e. The van der Waals surface area contributed by atoms with E-state index in [-0.39, 0.29) is 18.0 Å². The average molecular weight is 353 g/mol. The number of aromatic nitrogens is 1. The van der Waals surface area contributed by atoms with Gasteiger partial charge in [0.15, 0.2) is 0 Å². The molecule has 3 aromatic rings. The van der Waals surface area contributed by atoms with Crippen LogP contribution in [0.1, 0.15) is 16.1 Å². The average Bonchev–Trinajstić information content (AvgIpc) is 2.86. The third-order valence-electron chi connectivity index (χ3n) is 3.58. The summed E-state index contributed by atoms with van der Waals surface area (Å²) in [6, 6.07) is 10.3. The van der Waals surface area contributed by atoms with Crippen molar-refractivity contribution in [3.63, 3.8) is 0 Å². The molecule has 0 aliphatic rings. The van der Waals surface area contributed by atoms with Crippen LogP contribution < -0.4 is 4.74 Å². The van der Waals surface area contributed by atoms with Gasteiger partial charge in [0.2, 0.25) is 0 Å². The molecule has 0 spiro atoms. The van der Waals surface area contributed by atoms with Crippen molar-refractivity contribution in [2.24, 2.45) is 0 Å². The zero-order valence-corrected chi connectivity index (χ0v) is 12.5. The van der Waals surface area contributed by atoms with Crippen LogP contribution in [-0.4, -0.2) is 22.0 Å². The molecular weight excluding hydrogens is 342 g/mol. The van der Waals surface area contributed by atoms with Crippen molar-refractivity contribution in [1.29, 1.82) is 0 Å². The molecule has 0 unspecified atom stereocenters. The first-order valence-corrected chi connectivity index (χ1v) is 7.10. The van der Waals surface area contributed by atoms with Gasteiger partial charge in [-0.15, -0.1) is 13.2 Å². The van der Waals surface area contributed by atoms with Gasteiger partial charge in [0.05, 0.1) is 0 Å². The van der Waals surface area contributed by atoms with Crippen molar-refractivity contribution in [3.05, 3.63) is 65.6 Å². The second-order valence-corrected chi connectivity index (χ2v) is 5.32. The predicted molar refractivity (Wildman–Crippen MR) is 81.1 cm³/mol. The minimum Gasteiger partial charge on any atom is -0.477 e. The lowest BCUT2D eigenvalue weighted by molar-refractivity contribution is -0.274. The molecule has 0 aliphatic heterocycles. The van der Waals surface area contributed by atoms with Crippen LogP contribution in [-0.2, 0) is 6.54 Å². The van der Waals surface area contributed by atoms with Crippen LogP contribution in [0.3, 0.4) is 0 Å². The fraction of sp³-hybridized carbons (Fsp3) is 0.118. The number of carboxylic acid groups (broad SMARTS) is 1. The lowest BCUT2D eigenvalue weighted by Gasteiger charge is -2.11. The van der Waals surface area contributed by atoms with Crippen LogP contribution >= 0.6 is 0 Å². The Morgan fingerprint density at radius 1 is 1.08 bits per heavy atom. The molecule has 0 bridgehead atoms. The molecule has 1 N–H and O–H groups in total. The van der Waals surface area contributed by atoms with E-state index in [9.17, 15) is 27.5 Å². The van der Waals surface area contributed by atoms with E-state index in [1.54, 1.807) is 0 Å². The number of fused-ring (bicyclic) bond motifs is 1. The van der Waals surface area contributed by atoms with Gasteiger partial charge in [-0.25, -0.2) is 9.18 Å². The van der Waals surface area contributed by atoms with Crippen molar-refractivity contribution in [2.75, 3.05) is 0 Å². The number of carboxylic acids is 1. The van der Waals surface area contributed by atoms with Crippen molar-refractivity contribution >= 4 is 16.9 Å². The van der Waals surface area contributed by atoms with Crippen LogP contribution in [0.2, 0.25) is 0 Å². The van der Waals surface area contributed by atoms with Gasteiger partial charge in [-0.05, 0) is 42.0 Å². The van der Waals surface area contributed by atoms with E-state index >= 15 is 0 Å². The minimum atomic E-state index is -4.78. The molecule has 2 aromatic carbocycles. The fourth-order valence-electron chi connectivity index (χ4n) is 2.57. The van der Waals surface area contributed by atoms with Crippen LogP contribution in [0, 0.1) is 5.82 Å². The summed E-state index contributed by atoms with van der Waals surface area (Å²) < 4.78 is 55.1. The third kappa shape index (κ3) is 3.73. The molecule has 8 heteroatoms. The summed E-state index contributed by atoms with van der Waals surface area (Å²) in [7, 11) is 0. The third-order valence-corrected chi connectivity index (χ3v) is 3.58. The summed E-state index contributed by atoms with van der Waals surface area (Å²) in [5, 5.41) is 9.75. The first-order valence-electron chi connectivity index (χ1n) is 7.10. The molecular formula is C17H11F4NO3. The number of benzene rings is 2. The fourth-order valence-corrected chi connectivity index (χ4v) is 2.57. The lowest BCUT2D eigenvalue weighted by Crippen LogP contribution is -2.17. The zero-order valence-electron chi connectivity index (χ0n) is 12.5. The highest BCUT2D eigenvalue weighted by Crippen LogP contribution is 2.25. The highest BCUT2D eigenvalue weighted by molar-refractivity contribution is 5.94. The molecule has 3 rings (SSSR count). The number of halogens is 4. The standard InChI is InChI=1S/C17H11F4NO3/c18-12-3-6-14-11(7-12)8-15(16(23)24)22(14)9-10-1-4-13(5-2-10)25-17(19,20)21/h1-8H,9H2,(H,23,24). The van der Waals surface area contributed by atoms with E-state index in [1.165, 1.54) is 41.0 Å². The normalized spacial score (nSPS) is 11.7. The number of carbonyl (C=O) groups is 1. The Bertz CT molecular complexity index is 929. The van der Waals surface area contributed by atoms with Crippen molar-refractivity contribution in [1.82, 2.24) is 4.57 Å². The monoisotopic (exact) mass is 353 g/mol. The molecule has 0 saturated carbocycles. The Morgan fingerprint density at radius 3 is 2.36 bits per heavy atom. The summed E-state index contributed by atoms with van der Waals surface area (Å²) in [6.45, 7) is 0.100. The van der Waals surface area contributed by atoms with Crippen LogP contribution in [0.25, 0.3) is 10.9 Å². The Balaban J connectivity index is 1.94.